The number of amides is 1. The lowest BCUT2D eigenvalue weighted by Crippen LogP contribution is -2.42. The van der Waals surface area contributed by atoms with Crippen molar-refractivity contribution in [2.75, 3.05) is 20.8 Å². The summed E-state index contributed by atoms with van der Waals surface area (Å²) in [5.41, 5.74) is 5.51. The summed E-state index contributed by atoms with van der Waals surface area (Å²) in [5.74, 6) is 1.37. The van der Waals surface area contributed by atoms with Gasteiger partial charge in [-0.15, -0.1) is 0 Å². The molecule has 0 radical (unpaired) electrons. The molecule has 246 valence electrons. The molecular formula is C35H38Cl2N6O4. The molecule has 1 saturated carbocycles. The number of aliphatic hydroxyl groups is 1. The van der Waals surface area contributed by atoms with E-state index in [1.165, 1.54) is 0 Å². The highest BCUT2D eigenvalue weighted by molar-refractivity contribution is 6.39. The lowest BCUT2D eigenvalue weighted by Gasteiger charge is -2.34. The van der Waals surface area contributed by atoms with E-state index in [0.29, 0.717) is 81.4 Å². The number of halogens is 2. The molecule has 3 N–H and O–H groups in total. The Balaban J connectivity index is 1.21. The van der Waals surface area contributed by atoms with Gasteiger partial charge in [0.2, 0.25) is 17.7 Å². The number of ether oxygens (including phenoxy) is 2. The standard InChI is InChI=1S/C35H38Cl2N6O4/c1-46-34-27(11-3-6-21-12-13-31(45)41-21)39-16-28(42-34)25-9-4-7-23(32(25)36)24-8-5-10-26(33(24)37)29-17-40-30(35(43-29)47-2)18-38-22-14-20(15-22)19-44/h4-5,7-10,16-17,20-22,38,44H,3,6,11-15,18-19H2,1-2H3,(H,41,45)/t20?,21-,22?/m1/s1. The molecule has 12 heteroatoms. The van der Waals surface area contributed by atoms with Crippen LogP contribution in [-0.2, 0) is 17.8 Å². The maximum atomic E-state index is 11.5. The molecule has 1 amide bonds. The van der Waals surface area contributed by atoms with E-state index < -0.39 is 0 Å². The van der Waals surface area contributed by atoms with Gasteiger partial charge in [-0.1, -0.05) is 59.6 Å². The minimum Gasteiger partial charge on any atom is -0.480 e. The molecule has 1 atom stereocenters. The van der Waals surface area contributed by atoms with Crippen molar-refractivity contribution in [3.63, 3.8) is 0 Å². The zero-order valence-corrected chi connectivity index (χ0v) is 27.9. The predicted octanol–water partition coefficient (Wildman–Crippen LogP) is 6.05. The van der Waals surface area contributed by atoms with Crippen LogP contribution >= 0.6 is 23.2 Å². The SMILES string of the molecule is COc1nc(-c2cccc(-c3cccc(-c4cnc(CNC5CC(CO)C5)c(OC)n4)c3Cl)c2Cl)cnc1CCC[C@@H]1CCC(=O)N1. The van der Waals surface area contributed by atoms with Crippen molar-refractivity contribution >= 4 is 29.1 Å². The van der Waals surface area contributed by atoms with Gasteiger partial charge in [-0.05, 0) is 44.4 Å². The highest BCUT2D eigenvalue weighted by atomic mass is 35.5. The van der Waals surface area contributed by atoms with Gasteiger partial charge in [-0.25, -0.2) is 9.97 Å². The summed E-state index contributed by atoms with van der Waals surface area (Å²) >= 11 is 14.1. The predicted molar refractivity (Wildman–Crippen MR) is 182 cm³/mol. The summed E-state index contributed by atoms with van der Waals surface area (Å²) in [7, 11) is 3.16. The van der Waals surface area contributed by atoms with Crippen LogP contribution in [0.15, 0.2) is 48.8 Å². The van der Waals surface area contributed by atoms with Gasteiger partial charge in [0.1, 0.15) is 11.4 Å². The summed E-state index contributed by atoms with van der Waals surface area (Å²) in [6.45, 7) is 0.746. The van der Waals surface area contributed by atoms with E-state index in [1.807, 2.05) is 36.4 Å². The quantitative estimate of drug-likeness (QED) is 0.155. The molecule has 47 heavy (non-hydrogen) atoms. The van der Waals surface area contributed by atoms with Crippen molar-refractivity contribution in [2.24, 2.45) is 5.92 Å². The molecule has 0 unspecified atom stereocenters. The van der Waals surface area contributed by atoms with E-state index in [0.717, 1.165) is 48.9 Å². The fourth-order valence-electron chi connectivity index (χ4n) is 6.25. The van der Waals surface area contributed by atoms with Crippen LogP contribution in [0, 0.1) is 5.92 Å². The summed E-state index contributed by atoms with van der Waals surface area (Å²) in [4.78, 5) is 30.3. The van der Waals surface area contributed by atoms with Gasteiger partial charge >= 0.3 is 0 Å². The lowest BCUT2D eigenvalue weighted by atomic mass is 9.81. The van der Waals surface area contributed by atoms with E-state index in [9.17, 15) is 9.90 Å². The molecule has 4 aromatic rings. The lowest BCUT2D eigenvalue weighted by molar-refractivity contribution is -0.119. The van der Waals surface area contributed by atoms with Crippen molar-refractivity contribution in [3.8, 4) is 45.4 Å². The van der Waals surface area contributed by atoms with Crippen molar-refractivity contribution in [1.29, 1.82) is 0 Å². The second-order valence-electron chi connectivity index (χ2n) is 12.0. The third kappa shape index (κ3) is 7.36. The van der Waals surface area contributed by atoms with Crippen molar-refractivity contribution in [2.45, 2.75) is 63.6 Å². The van der Waals surface area contributed by atoms with Crippen LogP contribution in [-0.4, -0.2) is 63.9 Å². The van der Waals surface area contributed by atoms with Gasteiger partial charge in [0.05, 0.1) is 48.0 Å². The van der Waals surface area contributed by atoms with Crippen LogP contribution in [0.2, 0.25) is 10.0 Å². The van der Waals surface area contributed by atoms with Gasteiger partial charge in [0.25, 0.3) is 0 Å². The number of aryl methyl sites for hydroxylation is 1. The number of carbonyl (C=O) groups excluding carboxylic acids is 1. The number of carbonyl (C=O) groups is 1. The molecule has 2 aromatic heterocycles. The number of hydrogen-bond acceptors (Lipinski definition) is 9. The maximum Gasteiger partial charge on any atom is 0.237 e. The zero-order valence-electron chi connectivity index (χ0n) is 26.4. The van der Waals surface area contributed by atoms with E-state index in [-0.39, 0.29) is 18.6 Å². The Morgan fingerprint density at radius 1 is 0.894 bits per heavy atom. The topological polar surface area (TPSA) is 131 Å². The Labute approximate surface area is 284 Å². The van der Waals surface area contributed by atoms with Gasteiger partial charge in [0, 0.05) is 53.9 Å². The minimum atomic E-state index is 0.123. The largest absolute Gasteiger partial charge is 0.480 e. The van der Waals surface area contributed by atoms with Gasteiger partial charge < -0.3 is 25.2 Å². The fraction of sp³-hybridized carbons (Fsp3) is 0.400. The number of nitrogens with one attached hydrogen (secondary N) is 2. The summed E-state index contributed by atoms with van der Waals surface area (Å²) in [5, 5.41) is 16.7. The number of hydrogen-bond donors (Lipinski definition) is 3. The number of methoxy groups -OCH3 is 2. The third-order valence-electron chi connectivity index (χ3n) is 8.95. The molecule has 2 aliphatic rings. The van der Waals surface area contributed by atoms with Gasteiger partial charge in [0.15, 0.2) is 0 Å². The van der Waals surface area contributed by atoms with Crippen LogP contribution in [0.25, 0.3) is 33.6 Å². The number of aromatic nitrogens is 4. The molecular weight excluding hydrogens is 639 g/mol. The average Bonchev–Trinajstić information content (AvgIpc) is 3.49. The first-order valence-corrected chi connectivity index (χ1v) is 16.7. The first kappa shape index (κ1) is 33.1. The number of rotatable bonds is 13. The van der Waals surface area contributed by atoms with E-state index in [1.54, 1.807) is 26.6 Å². The van der Waals surface area contributed by atoms with Crippen molar-refractivity contribution in [3.05, 3.63) is 70.2 Å². The second kappa shape index (κ2) is 14.9. The molecule has 3 heterocycles. The van der Waals surface area contributed by atoms with E-state index in [2.05, 4.69) is 20.6 Å². The Kier molecular flexibility index (Phi) is 10.5. The van der Waals surface area contributed by atoms with Crippen LogP contribution in [0.5, 0.6) is 11.8 Å². The Bertz CT molecular complexity index is 1750. The molecule has 1 aliphatic heterocycles. The summed E-state index contributed by atoms with van der Waals surface area (Å²) in [6, 6.07) is 12.0. The fourth-order valence-corrected chi connectivity index (χ4v) is 6.90. The summed E-state index contributed by atoms with van der Waals surface area (Å²) in [6.07, 6.45) is 9.23. The summed E-state index contributed by atoms with van der Waals surface area (Å²) < 4.78 is 11.2. The molecule has 2 fully saturated rings. The monoisotopic (exact) mass is 676 g/mol. The van der Waals surface area contributed by atoms with Crippen LogP contribution in [0.1, 0.15) is 49.9 Å². The molecule has 2 aromatic carbocycles. The normalized spacial score (nSPS) is 18.9. The van der Waals surface area contributed by atoms with Crippen LogP contribution < -0.4 is 20.1 Å². The third-order valence-corrected chi connectivity index (χ3v) is 9.77. The van der Waals surface area contributed by atoms with Crippen LogP contribution in [0.3, 0.4) is 0 Å². The number of nitrogens with zero attached hydrogens (tertiary/aromatic N) is 4. The molecule has 1 aliphatic carbocycles. The van der Waals surface area contributed by atoms with Gasteiger partial charge in [-0.3, -0.25) is 14.8 Å². The van der Waals surface area contributed by atoms with Crippen molar-refractivity contribution < 1.29 is 19.4 Å². The Morgan fingerprint density at radius 2 is 1.47 bits per heavy atom. The first-order chi connectivity index (χ1) is 22.9. The average molecular weight is 678 g/mol. The number of aliphatic hydroxyl groups excluding tert-OH is 1. The smallest absolute Gasteiger partial charge is 0.237 e. The number of benzene rings is 2. The Hall–Kier alpha value is -3.83. The molecule has 6 rings (SSSR count). The van der Waals surface area contributed by atoms with E-state index >= 15 is 0 Å². The molecule has 10 nitrogen and oxygen atoms in total. The van der Waals surface area contributed by atoms with Gasteiger partial charge in [-0.2, -0.15) is 0 Å². The highest BCUT2D eigenvalue weighted by Crippen LogP contribution is 2.42. The molecule has 0 bridgehead atoms. The highest BCUT2D eigenvalue weighted by Gasteiger charge is 2.28. The van der Waals surface area contributed by atoms with Crippen molar-refractivity contribution in [1.82, 2.24) is 30.6 Å². The zero-order chi connectivity index (χ0) is 32.9. The molecule has 1 saturated heterocycles. The maximum absolute atomic E-state index is 11.5. The van der Waals surface area contributed by atoms with E-state index in [4.69, 9.17) is 42.6 Å². The minimum absolute atomic E-state index is 0.123. The Morgan fingerprint density at radius 3 is 2.02 bits per heavy atom. The second-order valence-corrected chi connectivity index (χ2v) is 12.8. The van der Waals surface area contributed by atoms with Crippen LogP contribution in [0.4, 0.5) is 0 Å². The molecule has 0 spiro atoms. The first-order valence-electron chi connectivity index (χ1n) is 15.9.